The van der Waals surface area contributed by atoms with Crippen molar-refractivity contribution in [1.82, 2.24) is 14.8 Å². The van der Waals surface area contributed by atoms with Gasteiger partial charge in [-0.1, -0.05) is 5.16 Å². The number of benzene rings is 1. The third-order valence-electron chi connectivity index (χ3n) is 3.15. The van der Waals surface area contributed by atoms with E-state index in [2.05, 4.69) is 15.2 Å². The van der Waals surface area contributed by atoms with E-state index in [0.717, 1.165) is 0 Å². The number of aryl methyl sites for hydroxylation is 1. The van der Waals surface area contributed by atoms with E-state index in [1.807, 2.05) is 19.0 Å². The van der Waals surface area contributed by atoms with Gasteiger partial charge in [-0.2, -0.15) is 0 Å². The molecule has 0 saturated heterocycles. The molecule has 0 radical (unpaired) electrons. The van der Waals surface area contributed by atoms with Crippen LogP contribution in [0.5, 0.6) is 0 Å². The second-order valence-corrected chi connectivity index (χ2v) is 7.27. The quantitative estimate of drug-likeness (QED) is 0.772. The summed E-state index contributed by atoms with van der Waals surface area (Å²) in [7, 11) is 0.129. The third kappa shape index (κ3) is 4.88. The summed E-state index contributed by atoms with van der Waals surface area (Å²) in [5.74, 6) is 0.489. The fourth-order valence-electron chi connectivity index (χ4n) is 1.89. The number of nitrogens with zero attached hydrogens (tertiary/aromatic N) is 2. The van der Waals surface area contributed by atoms with Crippen molar-refractivity contribution >= 4 is 21.7 Å². The van der Waals surface area contributed by atoms with Crippen LogP contribution in [-0.4, -0.2) is 51.6 Å². The van der Waals surface area contributed by atoms with Crippen molar-refractivity contribution in [1.29, 1.82) is 0 Å². The fourth-order valence-corrected chi connectivity index (χ4v) is 2.91. The van der Waals surface area contributed by atoms with E-state index in [-0.39, 0.29) is 4.90 Å². The van der Waals surface area contributed by atoms with Gasteiger partial charge >= 0.3 is 0 Å². The maximum atomic E-state index is 12.1. The molecular weight excluding hydrogens is 332 g/mol. The van der Waals surface area contributed by atoms with Crippen LogP contribution in [0, 0.1) is 6.92 Å². The molecule has 0 atom stereocenters. The van der Waals surface area contributed by atoms with Crippen molar-refractivity contribution in [2.45, 2.75) is 11.8 Å². The number of rotatable bonds is 7. The zero-order valence-electron chi connectivity index (χ0n) is 13.7. The number of hydrogen-bond acceptors (Lipinski definition) is 6. The molecule has 8 nitrogen and oxygen atoms in total. The first-order valence-electron chi connectivity index (χ1n) is 7.27. The minimum atomic E-state index is -3.59. The first kappa shape index (κ1) is 18.1. The summed E-state index contributed by atoms with van der Waals surface area (Å²) in [6.45, 7) is 2.62. The van der Waals surface area contributed by atoms with Gasteiger partial charge in [0.25, 0.3) is 5.91 Å². The van der Waals surface area contributed by atoms with E-state index in [0.29, 0.717) is 30.2 Å². The molecule has 130 valence electrons. The van der Waals surface area contributed by atoms with Crippen LogP contribution >= 0.6 is 0 Å². The summed E-state index contributed by atoms with van der Waals surface area (Å²) in [6, 6.07) is 7.26. The molecule has 2 aromatic rings. The van der Waals surface area contributed by atoms with Gasteiger partial charge in [0, 0.05) is 24.7 Å². The highest BCUT2D eigenvalue weighted by molar-refractivity contribution is 7.89. The Kier molecular flexibility index (Phi) is 5.71. The molecule has 0 saturated carbocycles. The molecule has 1 aromatic heterocycles. The lowest BCUT2D eigenvalue weighted by Crippen LogP contribution is -2.31. The third-order valence-corrected chi connectivity index (χ3v) is 4.62. The Labute approximate surface area is 140 Å². The summed E-state index contributed by atoms with van der Waals surface area (Å²) in [6.07, 6.45) is 0. The molecular formula is C15H20N4O4S. The SMILES string of the molecule is Cc1cc(NC(=O)c2ccc(S(=O)(=O)NCCN(C)C)cc2)no1. The van der Waals surface area contributed by atoms with Crippen molar-refractivity contribution in [3.63, 3.8) is 0 Å². The minimum Gasteiger partial charge on any atom is -0.360 e. The first-order chi connectivity index (χ1) is 11.3. The Bertz CT molecular complexity index is 797. The fraction of sp³-hybridized carbons (Fsp3) is 0.333. The molecule has 1 amide bonds. The smallest absolute Gasteiger partial charge is 0.256 e. The van der Waals surface area contributed by atoms with Gasteiger partial charge in [-0.05, 0) is 45.3 Å². The van der Waals surface area contributed by atoms with Crippen molar-refractivity contribution < 1.29 is 17.7 Å². The number of anilines is 1. The Morgan fingerprint density at radius 2 is 1.92 bits per heavy atom. The lowest BCUT2D eigenvalue weighted by Gasteiger charge is -2.11. The zero-order valence-corrected chi connectivity index (χ0v) is 14.6. The summed E-state index contributed by atoms with van der Waals surface area (Å²) in [5.41, 5.74) is 0.322. The molecule has 0 spiro atoms. The number of carbonyl (C=O) groups excluding carboxylic acids is 1. The van der Waals surface area contributed by atoms with Crippen molar-refractivity contribution in [2.24, 2.45) is 0 Å². The highest BCUT2D eigenvalue weighted by Crippen LogP contribution is 2.13. The zero-order chi connectivity index (χ0) is 17.7. The van der Waals surface area contributed by atoms with E-state index in [1.54, 1.807) is 13.0 Å². The van der Waals surface area contributed by atoms with Gasteiger partial charge < -0.3 is 14.7 Å². The summed E-state index contributed by atoms with van der Waals surface area (Å²) >= 11 is 0. The second kappa shape index (κ2) is 7.56. The maximum Gasteiger partial charge on any atom is 0.256 e. The molecule has 2 rings (SSSR count). The Morgan fingerprint density at radius 1 is 1.25 bits per heavy atom. The molecule has 2 N–H and O–H groups in total. The number of sulfonamides is 1. The van der Waals surface area contributed by atoms with Crippen LogP contribution < -0.4 is 10.0 Å². The number of amides is 1. The van der Waals surface area contributed by atoms with Crippen molar-refractivity contribution in [3.05, 3.63) is 41.7 Å². The molecule has 0 fully saturated rings. The Morgan fingerprint density at radius 3 is 2.46 bits per heavy atom. The van der Waals surface area contributed by atoms with Gasteiger partial charge in [0.2, 0.25) is 10.0 Å². The highest BCUT2D eigenvalue weighted by atomic mass is 32.2. The van der Waals surface area contributed by atoms with E-state index in [4.69, 9.17) is 4.52 Å². The average molecular weight is 352 g/mol. The van der Waals surface area contributed by atoms with E-state index in [9.17, 15) is 13.2 Å². The van der Waals surface area contributed by atoms with Crippen LogP contribution in [0.3, 0.4) is 0 Å². The van der Waals surface area contributed by atoms with Gasteiger partial charge in [0.15, 0.2) is 5.82 Å². The molecule has 0 unspecified atom stereocenters. The topological polar surface area (TPSA) is 105 Å². The van der Waals surface area contributed by atoms with Gasteiger partial charge in [-0.3, -0.25) is 4.79 Å². The second-order valence-electron chi connectivity index (χ2n) is 5.50. The lowest BCUT2D eigenvalue weighted by atomic mass is 10.2. The maximum absolute atomic E-state index is 12.1. The lowest BCUT2D eigenvalue weighted by molar-refractivity contribution is 0.102. The van der Waals surface area contributed by atoms with E-state index in [1.165, 1.54) is 24.3 Å². The molecule has 0 aliphatic heterocycles. The van der Waals surface area contributed by atoms with Crippen LogP contribution in [0.15, 0.2) is 39.8 Å². The Hall–Kier alpha value is -2.23. The molecule has 0 aliphatic carbocycles. The molecule has 9 heteroatoms. The van der Waals surface area contributed by atoms with Crippen LogP contribution in [-0.2, 0) is 10.0 Å². The highest BCUT2D eigenvalue weighted by Gasteiger charge is 2.15. The van der Waals surface area contributed by atoms with E-state index < -0.39 is 15.9 Å². The predicted octanol–water partition coefficient (Wildman–Crippen LogP) is 1.08. The largest absolute Gasteiger partial charge is 0.360 e. The van der Waals surface area contributed by atoms with Crippen LogP contribution in [0.2, 0.25) is 0 Å². The monoisotopic (exact) mass is 352 g/mol. The summed E-state index contributed by atoms with van der Waals surface area (Å²) in [4.78, 5) is 14.1. The summed E-state index contributed by atoms with van der Waals surface area (Å²) < 4.78 is 31.6. The number of nitrogens with one attached hydrogen (secondary N) is 2. The van der Waals surface area contributed by atoms with Crippen LogP contribution in [0.1, 0.15) is 16.1 Å². The van der Waals surface area contributed by atoms with Gasteiger partial charge in [0.1, 0.15) is 5.76 Å². The van der Waals surface area contributed by atoms with Crippen LogP contribution in [0.4, 0.5) is 5.82 Å². The number of aromatic nitrogens is 1. The average Bonchev–Trinajstić information content (AvgIpc) is 2.92. The van der Waals surface area contributed by atoms with Gasteiger partial charge in [-0.15, -0.1) is 0 Å². The van der Waals surface area contributed by atoms with Crippen LogP contribution in [0.25, 0.3) is 0 Å². The molecule has 0 bridgehead atoms. The van der Waals surface area contributed by atoms with Gasteiger partial charge in [-0.25, -0.2) is 13.1 Å². The van der Waals surface area contributed by atoms with Crippen molar-refractivity contribution in [2.75, 3.05) is 32.5 Å². The predicted molar refractivity (Wildman–Crippen MR) is 89.4 cm³/mol. The minimum absolute atomic E-state index is 0.107. The molecule has 0 aliphatic rings. The molecule has 1 heterocycles. The number of carbonyl (C=O) groups is 1. The standard InChI is InChI=1S/C15H20N4O4S/c1-11-10-14(18-23-11)17-15(20)12-4-6-13(7-5-12)24(21,22)16-8-9-19(2)3/h4-7,10,16H,8-9H2,1-3H3,(H,17,18,20). The van der Waals surface area contributed by atoms with Crippen molar-refractivity contribution in [3.8, 4) is 0 Å². The molecule has 24 heavy (non-hydrogen) atoms. The first-order valence-corrected chi connectivity index (χ1v) is 8.75. The molecule has 1 aromatic carbocycles. The summed E-state index contributed by atoms with van der Waals surface area (Å²) in [5, 5.41) is 6.24. The number of hydrogen-bond donors (Lipinski definition) is 2. The number of likely N-dealkylation sites (N-methyl/N-ethyl adjacent to an activating group) is 1. The Balaban J connectivity index is 2.02. The normalized spacial score (nSPS) is 11.7. The van der Waals surface area contributed by atoms with Gasteiger partial charge in [0.05, 0.1) is 4.90 Å². The van der Waals surface area contributed by atoms with E-state index >= 15 is 0 Å².